The Hall–Kier alpha value is -2.42. The third kappa shape index (κ3) is 4.65. The number of piperidine rings is 2. The molecule has 148 valence electrons. The van der Waals surface area contributed by atoms with Gasteiger partial charge in [-0.25, -0.2) is 4.98 Å². The lowest BCUT2D eigenvalue weighted by Crippen LogP contribution is -2.53. The fraction of sp³-hybridized carbons (Fsp3) is 0.667. The first-order chi connectivity index (χ1) is 12.8. The number of carbonyl (C=O) groups excluding carboxylic acids is 2. The number of β-amino-alcohol motifs (C(OH)–C–C–N with tert-alkyl or cyclic N) is 1. The van der Waals surface area contributed by atoms with Crippen LogP contribution in [0.15, 0.2) is 10.9 Å². The fourth-order valence-electron chi connectivity index (χ4n) is 4.11. The van der Waals surface area contributed by atoms with Crippen molar-refractivity contribution in [3.63, 3.8) is 0 Å². The van der Waals surface area contributed by atoms with Crippen molar-refractivity contribution in [2.24, 2.45) is 5.41 Å². The van der Waals surface area contributed by atoms with E-state index in [4.69, 9.17) is 5.73 Å². The summed E-state index contributed by atoms with van der Waals surface area (Å²) in [5, 5.41) is 9.62. The molecule has 3 heterocycles. The lowest BCUT2D eigenvalue weighted by atomic mass is 9.72. The van der Waals surface area contributed by atoms with Crippen molar-refractivity contribution in [3.8, 4) is 0 Å². The molecule has 27 heavy (non-hydrogen) atoms. The molecule has 2 aliphatic rings. The topological polar surface area (TPSA) is 133 Å². The van der Waals surface area contributed by atoms with Gasteiger partial charge in [0.05, 0.1) is 18.2 Å². The second-order valence-corrected chi connectivity index (χ2v) is 7.80. The van der Waals surface area contributed by atoms with Crippen molar-refractivity contribution in [1.82, 2.24) is 19.8 Å². The lowest BCUT2D eigenvalue weighted by Gasteiger charge is -2.47. The number of aromatic amines is 1. The Bertz CT molecular complexity index is 767. The van der Waals surface area contributed by atoms with Gasteiger partial charge in [0.25, 0.3) is 5.56 Å². The third-order valence-electron chi connectivity index (χ3n) is 5.55. The monoisotopic (exact) mass is 377 g/mol. The number of aromatic nitrogens is 2. The van der Waals surface area contributed by atoms with Crippen LogP contribution in [-0.2, 0) is 16.0 Å². The molecule has 0 radical (unpaired) electrons. The highest BCUT2D eigenvalue weighted by molar-refractivity contribution is 5.79. The smallest absolute Gasteiger partial charge is 0.252 e. The first kappa shape index (κ1) is 19.3. The number of hydrogen-bond acceptors (Lipinski definition) is 6. The predicted octanol–water partition coefficient (Wildman–Crippen LogP) is -0.493. The number of hydrogen-bond donors (Lipinski definition) is 3. The molecule has 0 aromatic carbocycles. The Morgan fingerprint density at radius 2 is 2.07 bits per heavy atom. The summed E-state index contributed by atoms with van der Waals surface area (Å²) in [6.07, 6.45) is 2.49. The van der Waals surface area contributed by atoms with Gasteiger partial charge in [-0.15, -0.1) is 0 Å². The first-order valence-electron chi connectivity index (χ1n) is 9.36. The minimum atomic E-state index is -0.542. The van der Waals surface area contributed by atoms with Crippen molar-refractivity contribution in [1.29, 1.82) is 0 Å². The summed E-state index contributed by atoms with van der Waals surface area (Å²) in [7, 11) is 0. The summed E-state index contributed by atoms with van der Waals surface area (Å²) < 4.78 is 0. The zero-order chi connectivity index (χ0) is 19.6. The van der Waals surface area contributed by atoms with Crippen LogP contribution in [0.1, 0.15) is 38.3 Å². The molecular formula is C18H27N5O4. The second-order valence-electron chi connectivity index (χ2n) is 7.80. The van der Waals surface area contributed by atoms with Crippen molar-refractivity contribution in [2.75, 3.05) is 31.9 Å². The van der Waals surface area contributed by atoms with Crippen LogP contribution in [0, 0.1) is 5.41 Å². The maximum atomic E-state index is 12.6. The number of rotatable bonds is 4. The summed E-state index contributed by atoms with van der Waals surface area (Å²) in [6.45, 7) is 3.93. The number of nitrogen functional groups attached to an aromatic ring is 1. The van der Waals surface area contributed by atoms with Crippen LogP contribution in [-0.4, -0.2) is 69.0 Å². The van der Waals surface area contributed by atoms with E-state index >= 15 is 0 Å². The van der Waals surface area contributed by atoms with E-state index in [0.29, 0.717) is 38.3 Å². The molecule has 0 unspecified atom stereocenters. The van der Waals surface area contributed by atoms with Gasteiger partial charge >= 0.3 is 0 Å². The van der Waals surface area contributed by atoms with Crippen molar-refractivity contribution in [3.05, 3.63) is 22.1 Å². The number of nitrogens with zero attached hydrogens (tertiary/aromatic N) is 3. The maximum absolute atomic E-state index is 12.6. The Balaban J connectivity index is 1.58. The highest BCUT2D eigenvalue weighted by Crippen LogP contribution is 2.40. The van der Waals surface area contributed by atoms with Gasteiger partial charge in [-0.3, -0.25) is 19.4 Å². The minimum Gasteiger partial charge on any atom is -0.392 e. The molecule has 0 aliphatic carbocycles. The van der Waals surface area contributed by atoms with Gasteiger partial charge in [-0.05, 0) is 31.6 Å². The zero-order valence-corrected chi connectivity index (χ0v) is 15.6. The summed E-state index contributed by atoms with van der Waals surface area (Å²) >= 11 is 0. The van der Waals surface area contributed by atoms with Crippen molar-refractivity contribution in [2.45, 2.75) is 45.1 Å². The number of amides is 2. The molecule has 2 saturated heterocycles. The Labute approximate surface area is 157 Å². The van der Waals surface area contributed by atoms with E-state index in [2.05, 4.69) is 9.97 Å². The Kier molecular flexibility index (Phi) is 5.50. The standard InChI is InChI=1S/C18H27N5O4/c1-12(24)10-23-11-18(3-2-15(23)26)4-6-22(7-5-18)16(27)9-13-8-14(25)21-17(19)20-13/h8,12,24H,2-7,9-11H2,1H3,(H3,19,20,21,25)/t12-/m1/s1. The number of aliphatic hydroxyl groups excluding tert-OH is 1. The van der Waals surface area contributed by atoms with Crippen LogP contribution >= 0.6 is 0 Å². The maximum Gasteiger partial charge on any atom is 0.252 e. The average Bonchev–Trinajstić information content (AvgIpc) is 2.57. The predicted molar refractivity (Wildman–Crippen MR) is 98.7 cm³/mol. The van der Waals surface area contributed by atoms with Crippen LogP contribution < -0.4 is 11.3 Å². The Morgan fingerprint density at radius 3 is 2.70 bits per heavy atom. The first-order valence-corrected chi connectivity index (χ1v) is 9.36. The molecule has 3 rings (SSSR count). The second kappa shape index (κ2) is 7.67. The van der Waals surface area contributed by atoms with E-state index in [0.717, 1.165) is 19.3 Å². The van der Waals surface area contributed by atoms with Gasteiger partial charge in [0.1, 0.15) is 0 Å². The minimum absolute atomic E-state index is 0.00738. The van der Waals surface area contributed by atoms with Crippen molar-refractivity contribution < 1.29 is 14.7 Å². The largest absolute Gasteiger partial charge is 0.392 e. The van der Waals surface area contributed by atoms with E-state index < -0.39 is 6.10 Å². The van der Waals surface area contributed by atoms with Crippen LogP contribution in [0.2, 0.25) is 0 Å². The molecule has 9 nitrogen and oxygen atoms in total. The van der Waals surface area contributed by atoms with Crippen molar-refractivity contribution >= 4 is 17.8 Å². The van der Waals surface area contributed by atoms with Crippen LogP contribution in [0.3, 0.4) is 0 Å². The number of aliphatic hydroxyl groups is 1. The molecule has 2 fully saturated rings. The van der Waals surface area contributed by atoms with E-state index in [9.17, 15) is 19.5 Å². The molecule has 0 bridgehead atoms. The molecule has 1 atom stereocenters. The zero-order valence-electron chi connectivity index (χ0n) is 15.6. The fourth-order valence-corrected chi connectivity index (χ4v) is 4.11. The number of nitrogens with two attached hydrogens (primary N) is 1. The van der Waals surface area contributed by atoms with Crippen LogP contribution in [0.25, 0.3) is 0 Å². The molecule has 9 heteroatoms. The van der Waals surface area contributed by atoms with E-state index in [1.807, 2.05) is 0 Å². The Morgan fingerprint density at radius 1 is 1.37 bits per heavy atom. The SMILES string of the molecule is C[C@@H](O)CN1CC2(CCC1=O)CCN(C(=O)Cc1cc(=O)[nH]c(N)n1)CC2. The third-order valence-corrected chi connectivity index (χ3v) is 5.55. The molecule has 0 saturated carbocycles. The van der Waals surface area contributed by atoms with E-state index in [1.54, 1.807) is 16.7 Å². The van der Waals surface area contributed by atoms with Gasteiger partial charge in [0, 0.05) is 38.7 Å². The molecule has 1 aromatic heterocycles. The van der Waals surface area contributed by atoms with Gasteiger partial charge in [0.15, 0.2) is 0 Å². The van der Waals surface area contributed by atoms with Gasteiger partial charge < -0.3 is 20.6 Å². The summed E-state index contributed by atoms with van der Waals surface area (Å²) in [5.41, 5.74) is 5.54. The highest BCUT2D eigenvalue weighted by atomic mass is 16.3. The highest BCUT2D eigenvalue weighted by Gasteiger charge is 2.41. The lowest BCUT2D eigenvalue weighted by molar-refractivity contribution is -0.143. The molecule has 2 amide bonds. The molecular weight excluding hydrogens is 350 g/mol. The summed E-state index contributed by atoms with van der Waals surface area (Å²) in [5.74, 6) is 0.0287. The number of nitrogens with one attached hydrogen (secondary N) is 1. The molecule has 1 aromatic rings. The number of H-pyrrole nitrogens is 1. The number of carbonyl (C=O) groups is 2. The van der Waals surface area contributed by atoms with E-state index in [1.165, 1.54) is 6.07 Å². The number of anilines is 1. The van der Waals surface area contributed by atoms with E-state index in [-0.39, 0.29) is 35.2 Å². The number of likely N-dealkylation sites (tertiary alicyclic amines) is 2. The average molecular weight is 377 g/mol. The normalized spacial score (nSPS) is 20.7. The summed E-state index contributed by atoms with van der Waals surface area (Å²) in [6, 6.07) is 1.29. The van der Waals surface area contributed by atoms with Crippen LogP contribution in [0.4, 0.5) is 5.95 Å². The van der Waals surface area contributed by atoms with Gasteiger partial charge in [0.2, 0.25) is 17.8 Å². The van der Waals surface area contributed by atoms with Crippen LogP contribution in [0.5, 0.6) is 0 Å². The molecule has 2 aliphatic heterocycles. The molecule has 1 spiro atoms. The van der Waals surface area contributed by atoms with Gasteiger partial charge in [-0.2, -0.15) is 0 Å². The molecule has 4 N–H and O–H groups in total. The van der Waals surface area contributed by atoms with Gasteiger partial charge in [-0.1, -0.05) is 0 Å². The summed E-state index contributed by atoms with van der Waals surface area (Å²) in [4.78, 5) is 46.0. The quantitative estimate of drug-likeness (QED) is 0.648.